The molecular weight excluding hydrogens is 176 g/mol. The van der Waals surface area contributed by atoms with Gasteiger partial charge in [0, 0.05) is 20.3 Å². The third-order valence-electron chi connectivity index (χ3n) is 2.31. The van der Waals surface area contributed by atoms with Crippen molar-refractivity contribution in [1.82, 2.24) is 4.90 Å². The van der Waals surface area contributed by atoms with Gasteiger partial charge in [-0.2, -0.15) is 5.26 Å². The van der Waals surface area contributed by atoms with E-state index in [1.54, 1.807) is 7.11 Å². The number of hydrogen-bond donors (Lipinski definition) is 0. The Balaban J connectivity index is 3.54. The maximum atomic E-state index is 8.83. The highest BCUT2D eigenvalue weighted by Crippen LogP contribution is 2.18. The average Bonchev–Trinajstić information content (AvgIpc) is 2.16. The van der Waals surface area contributed by atoms with Crippen LogP contribution in [0.3, 0.4) is 0 Å². The molecular formula is C11H22N2O. The van der Waals surface area contributed by atoms with Crippen molar-refractivity contribution in [3.05, 3.63) is 0 Å². The van der Waals surface area contributed by atoms with Crippen LogP contribution >= 0.6 is 0 Å². The minimum absolute atomic E-state index is 0.199. The Morgan fingerprint density at radius 2 is 2.00 bits per heavy atom. The third kappa shape index (κ3) is 6.88. The van der Waals surface area contributed by atoms with Crippen molar-refractivity contribution in [2.75, 3.05) is 33.9 Å². The van der Waals surface area contributed by atoms with Crippen LogP contribution in [0.2, 0.25) is 0 Å². The van der Waals surface area contributed by atoms with Crippen molar-refractivity contribution in [3.8, 4) is 6.07 Å². The fourth-order valence-corrected chi connectivity index (χ4v) is 1.12. The van der Waals surface area contributed by atoms with Gasteiger partial charge in [0.25, 0.3) is 0 Å². The highest BCUT2D eigenvalue weighted by molar-refractivity contribution is 4.91. The van der Waals surface area contributed by atoms with Crippen LogP contribution in [0.5, 0.6) is 0 Å². The second-order valence-electron chi connectivity index (χ2n) is 4.40. The predicted octanol–water partition coefficient (Wildman–Crippen LogP) is 1.89. The van der Waals surface area contributed by atoms with Crippen LogP contribution in [0.1, 0.15) is 26.7 Å². The van der Waals surface area contributed by atoms with Gasteiger partial charge in [0.05, 0.1) is 11.5 Å². The van der Waals surface area contributed by atoms with Gasteiger partial charge in [-0.05, 0) is 40.3 Å². The Kier molecular flexibility index (Phi) is 6.52. The van der Waals surface area contributed by atoms with Crippen LogP contribution in [0.4, 0.5) is 0 Å². The molecule has 0 rings (SSSR count). The second-order valence-corrected chi connectivity index (χ2v) is 4.40. The van der Waals surface area contributed by atoms with E-state index in [-0.39, 0.29) is 5.41 Å². The van der Waals surface area contributed by atoms with E-state index in [2.05, 4.69) is 18.0 Å². The van der Waals surface area contributed by atoms with Crippen molar-refractivity contribution in [2.24, 2.45) is 5.41 Å². The maximum absolute atomic E-state index is 8.83. The molecule has 3 heteroatoms. The molecule has 0 N–H and O–H groups in total. The van der Waals surface area contributed by atoms with Crippen molar-refractivity contribution >= 4 is 0 Å². The molecule has 0 aromatic heterocycles. The van der Waals surface area contributed by atoms with Crippen molar-refractivity contribution in [2.45, 2.75) is 26.7 Å². The first-order valence-corrected chi connectivity index (χ1v) is 5.10. The van der Waals surface area contributed by atoms with E-state index in [1.807, 2.05) is 13.8 Å². The molecule has 82 valence electrons. The monoisotopic (exact) mass is 198 g/mol. The van der Waals surface area contributed by atoms with Gasteiger partial charge in [0.2, 0.25) is 0 Å². The Labute approximate surface area is 87.7 Å². The Morgan fingerprint density at radius 3 is 2.50 bits per heavy atom. The molecule has 0 bridgehead atoms. The van der Waals surface area contributed by atoms with Gasteiger partial charge in [0.15, 0.2) is 0 Å². The largest absolute Gasteiger partial charge is 0.385 e. The Hall–Kier alpha value is -0.590. The minimum Gasteiger partial charge on any atom is -0.385 e. The number of ether oxygens (including phenoxy) is 1. The van der Waals surface area contributed by atoms with Gasteiger partial charge < -0.3 is 9.64 Å². The first-order valence-electron chi connectivity index (χ1n) is 5.10. The Bertz CT molecular complexity index is 184. The van der Waals surface area contributed by atoms with E-state index >= 15 is 0 Å². The first-order chi connectivity index (χ1) is 6.52. The van der Waals surface area contributed by atoms with Crippen LogP contribution in [-0.4, -0.2) is 38.8 Å². The summed E-state index contributed by atoms with van der Waals surface area (Å²) in [4.78, 5) is 2.25. The number of methoxy groups -OCH3 is 1. The highest BCUT2D eigenvalue weighted by atomic mass is 16.5. The first kappa shape index (κ1) is 13.4. The summed E-state index contributed by atoms with van der Waals surface area (Å²) < 4.78 is 4.98. The molecule has 0 heterocycles. The number of hydrogen-bond acceptors (Lipinski definition) is 3. The zero-order valence-electron chi connectivity index (χ0n) is 9.84. The molecule has 0 aliphatic heterocycles. The SMILES string of the molecule is COCCCN(C)CCC(C)(C)C#N. The van der Waals surface area contributed by atoms with Crippen LogP contribution < -0.4 is 0 Å². The van der Waals surface area contributed by atoms with Crippen molar-refractivity contribution in [1.29, 1.82) is 5.26 Å². The molecule has 0 unspecified atom stereocenters. The predicted molar refractivity (Wildman–Crippen MR) is 58.0 cm³/mol. The van der Waals surface area contributed by atoms with E-state index in [4.69, 9.17) is 10.00 Å². The summed E-state index contributed by atoms with van der Waals surface area (Å²) in [7, 11) is 3.81. The molecule has 0 aliphatic carbocycles. The van der Waals surface area contributed by atoms with Crippen molar-refractivity contribution in [3.63, 3.8) is 0 Å². The molecule has 0 spiro atoms. The third-order valence-corrected chi connectivity index (χ3v) is 2.31. The topological polar surface area (TPSA) is 36.3 Å². The van der Waals surface area contributed by atoms with Gasteiger partial charge in [-0.15, -0.1) is 0 Å². The van der Waals surface area contributed by atoms with Crippen LogP contribution in [0, 0.1) is 16.7 Å². The van der Waals surface area contributed by atoms with Gasteiger partial charge in [-0.3, -0.25) is 0 Å². The van der Waals surface area contributed by atoms with E-state index in [1.165, 1.54) is 0 Å². The van der Waals surface area contributed by atoms with Gasteiger partial charge in [-0.25, -0.2) is 0 Å². The molecule has 0 atom stereocenters. The average molecular weight is 198 g/mol. The second kappa shape index (κ2) is 6.80. The molecule has 0 fully saturated rings. The molecule has 0 aliphatic rings. The zero-order chi connectivity index (χ0) is 11.0. The molecule has 0 amide bonds. The smallest absolute Gasteiger partial charge is 0.0684 e. The van der Waals surface area contributed by atoms with Crippen LogP contribution in [0.25, 0.3) is 0 Å². The van der Waals surface area contributed by atoms with Crippen LogP contribution in [0.15, 0.2) is 0 Å². The summed E-state index contributed by atoms with van der Waals surface area (Å²) in [6.45, 7) is 6.79. The van der Waals surface area contributed by atoms with Crippen molar-refractivity contribution < 1.29 is 4.74 Å². The zero-order valence-corrected chi connectivity index (χ0v) is 9.84. The van der Waals surface area contributed by atoms with Gasteiger partial charge in [-0.1, -0.05) is 0 Å². The summed E-state index contributed by atoms with van der Waals surface area (Å²) in [5.41, 5.74) is -0.199. The number of nitriles is 1. The van der Waals surface area contributed by atoms with Gasteiger partial charge in [0.1, 0.15) is 0 Å². The van der Waals surface area contributed by atoms with E-state index < -0.39 is 0 Å². The lowest BCUT2D eigenvalue weighted by Crippen LogP contribution is -2.25. The lowest BCUT2D eigenvalue weighted by atomic mass is 9.91. The summed E-state index contributed by atoms with van der Waals surface area (Å²) in [6.07, 6.45) is 1.98. The molecule has 0 radical (unpaired) electrons. The maximum Gasteiger partial charge on any atom is 0.0684 e. The number of rotatable bonds is 7. The summed E-state index contributed by atoms with van der Waals surface area (Å²) >= 11 is 0. The standard InChI is InChI=1S/C11H22N2O/c1-11(2,10-12)6-8-13(3)7-5-9-14-4/h5-9H2,1-4H3. The summed E-state index contributed by atoms with van der Waals surface area (Å²) in [6, 6.07) is 2.31. The minimum atomic E-state index is -0.199. The normalized spacial score (nSPS) is 11.7. The Morgan fingerprint density at radius 1 is 1.36 bits per heavy atom. The lowest BCUT2D eigenvalue weighted by Gasteiger charge is -2.21. The van der Waals surface area contributed by atoms with E-state index in [9.17, 15) is 0 Å². The highest BCUT2D eigenvalue weighted by Gasteiger charge is 2.16. The van der Waals surface area contributed by atoms with E-state index in [0.717, 1.165) is 32.5 Å². The molecule has 0 aromatic carbocycles. The molecule has 3 nitrogen and oxygen atoms in total. The summed E-state index contributed by atoms with van der Waals surface area (Å²) in [5, 5.41) is 8.83. The van der Waals surface area contributed by atoms with Crippen LogP contribution in [-0.2, 0) is 4.74 Å². The molecule has 0 saturated heterocycles. The molecule has 0 saturated carbocycles. The van der Waals surface area contributed by atoms with E-state index in [0.29, 0.717) is 0 Å². The molecule has 0 aromatic rings. The number of nitrogens with zero attached hydrogens (tertiary/aromatic N) is 2. The van der Waals surface area contributed by atoms with Gasteiger partial charge >= 0.3 is 0 Å². The fourth-order valence-electron chi connectivity index (χ4n) is 1.12. The fraction of sp³-hybridized carbons (Fsp3) is 0.909. The summed E-state index contributed by atoms with van der Waals surface area (Å²) in [5.74, 6) is 0. The quantitative estimate of drug-likeness (QED) is 0.586. The molecule has 14 heavy (non-hydrogen) atoms. The lowest BCUT2D eigenvalue weighted by molar-refractivity contribution is 0.176.